The van der Waals surface area contributed by atoms with Crippen LogP contribution in [0.3, 0.4) is 0 Å². The predicted octanol–water partition coefficient (Wildman–Crippen LogP) is 3.35. The summed E-state index contributed by atoms with van der Waals surface area (Å²) >= 11 is 0. The van der Waals surface area contributed by atoms with Crippen LogP contribution in [-0.2, 0) is 11.2 Å². The van der Waals surface area contributed by atoms with Crippen LogP contribution in [0, 0.1) is 5.82 Å². The molecule has 2 aromatic rings. The second kappa shape index (κ2) is 6.87. The zero-order chi connectivity index (χ0) is 14.5. The first kappa shape index (κ1) is 14.3. The van der Waals surface area contributed by atoms with E-state index in [1.165, 1.54) is 6.07 Å². The number of furan rings is 1. The topological polar surface area (TPSA) is 25.6 Å². The van der Waals surface area contributed by atoms with Gasteiger partial charge in [0.1, 0.15) is 17.3 Å². The molecule has 0 saturated carbocycles. The molecular weight excluding hydrogens is 269 g/mol. The molecule has 0 aliphatic carbocycles. The minimum atomic E-state index is -0.244. The van der Waals surface area contributed by atoms with Gasteiger partial charge in [0, 0.05) is 19.5 Å². The fraction of sp³-hybridized carbons (Fsp3) is 0.412. The van der Waals surface area contributed by atoms with Crippen LogP contribution >= 0.6 is 0 Å². The average molecular weight is 289 g/mol. The highest BCUT2D eigenvalue weighted by molar-refractivity contribution is 5.58. The van der Waals surface area contributed by atoms with Gasteiger partial charge in [-0.2, -0.15) is 0 Å². The van der Waals surface area contributed by atoms with Crippen molar-refractivity contribution >= 4 is 0 Å². The molecule has 0 bridgehead atoms. The molecule has 0 amide bonds. The lowest BCUT2D eigenvalue weighted by Crippen LogP contribution is -2.36. The van der Waals surface area contributed by atoms with Crippen molar-refractivity contribution in [3.63, 3.8) is 0 Å². The van der Waals surface area contributed by atoms with E-state index in [2.05, 4.69) is 4.90 Å². The van der Waals surface area contributed by atoms with Crippen molar-refractivity contribution in [2.45, 2.75) is 12.8 Å². The Balaban J connectivity index is 1.54. The molecule has 0 unspecified atom stereocenters. The Morgan fingerprint density at radius 3 is 2.67 bits per heavy atom. The van der Waals surface area contributed by atoms with Crippen molar-refractivity contribution in [1.29, 1.82) is 0 Å². The zero-order valence-corrected chi connectivity index (χ0v) is 12.1. The number of hydrogen-bond donors (Lipinski definition) is 0. The maximum Gasteiger partial charge on any atom is 0.137 e. The Kier molecular flexibility index (Phi) is 4.68. The Labute approximate surface area is 124 Å². The van der Waals surface area contributed by atoms with Crippen LogP contribution in [0.15, 0.2) is 40.8 Å². The maximum atomic E-state index is 13.7. The Bertz CT molecular complexity index is 576. The van der Waals surface area contributed by atoms with Gasteiger partial charge in [-0.1, -0.05) is 12.1 Å². The van der Waals surface area contributed by atoms with Gasteiger partial charge < -0.3 is 9.15 Å². The third-order valence-corrected chi connectivity index (χ3v) is 3.80. The van der Waals surface area contributed by atoms with E-state index in [4.69, 9.17) is 9.15 Å². The van der Waals surface area contributed by atoms with Crippen LogP contribution in [0.4, 0.5) is 4.39 Å². The summed E-state index contributed by atoms with van der Waals surface area (Å²) in [7, 11) is 0. The van der Waals surface area contributed by atoms with Gasteiger partial charge in [0.2, 0.25) is 0 Å². The lowest BCUT2D eigenvalue weighted by atomic mass is 10.1. The van der Waals surface area contributed by atoms with E-state index in [0.717, 1.165) is 51.4 Å². The first-order valence-corrected chi connectivity index (χ1v) is 7.46. The summed E-state index contributed by atoms with van der Waals surface area (Å²) < 4.78 is 24.8. The average Bonchev–Trinajstić information content (AvgIpc) is 2.97. The third-order valence-electron chi connectivity index (χ3n) is 3.80. The molecule has 1 aromatic heterocycles. The fourth-order valence-electron chi connectivity index (χ4n) is 2.62. The van der Waals surface area contributed by atoms with Gasteiger partial charge in [-0.15, -0.1) is 0 Å². The van der Waals surface area contributed by atoms with Crippen molar-refractivity contribution in [1.82, 2.24) is 4.90 Å². The molecule has 0 atom stereocenters. The standard InChI is InChI=1S/C17H20FNO2/c18-16-6-2-1-5-15(16)17-8-7-14(21-17)4-3-9-19-10-12-20-13-11-19/h1-2,5-8H,3-4,9-13H2. The van der Waals surface area contributed by atoms with Crippen molar-refractivity contribution in [2.24, 2.45) is 0 Å². The van der Waals surface area contributed by atoms with E-state index in [-0.39, 0.29) is 5.82 Å². The second-order valence-electron chi connectivity index (χ2n) is 5.30. The molecule has 3 nitrogen and oxygen atoms in total. The van der Waals surface area contributed by atoms with Crippen LogP contribution in [-0.4, -0.2) is 37.7 Å². The van der Waals surface area contributed by atoms with E-state index in [9.17, 15) is 4.39 Å². The molecule has 0 N–H and O–H groups in total. The van der Waals surface area contributed by atoms with Crippen LogP contribution < -0.4 is 0 Å². The third kappa shape index (κ3) is 3.71. The number of hydrogen-bond acceptors (Lipinski definition) is 3. The number of benzene rings is 1. The summed E-state index contributed by atoms with van der Waals surface area (Å²) in [5, 5.41) is 0. The van der Waals surface area contributed by atoms with E-state index in [1.807, 2.05) is 18.2 Å². The Morgan fingerprint density at radius 1 is 1.05 bits per heavy atom. The van der Waals surface area contributed by atoms with Crippen LogP contribution in [0.1, 0.15) is 12.2 Å². The van der Waals surface area contributed by atoms with Crippen LogP contribution in [0.25, 0.3) is 11.3 Å². The maximum absolute atomic E-state index is 13.7. The summed E-state index contributed by atoms with van der Waals surface area (Å²) in [6.45, 7) is 4.74. The number of rotatable bonds is 5. The number of halogens is 1. The molecule has 112 valence electrons. The number of nitrogens with zero attached hydrogens (tertiary/aromatic N) is 1. The Morgan fingerprint density at radius 2 is 1.86 bits per heavy atom. The summed E-state index contributed by atoms with van der Waals surface area (Å²) in [6, 6.07) is 10.5. The first-order chi connectivity index (χ1) is 10.3. The highest BCUT2D eigenvalue weighted by Gasteiger charge is 2.11. The van der Waals surface area contributed by atoms with Gasteiger partial charge in [-0.05, 0) is 37.2 Å². The monoisotopic (exact) mass is 289 g/mol. The summed E-state index contributed by atoms with van der Waals surface area (Å²) in [5.74, 6) is 1.28. The van der Waals surface area contributed by atoms with E-state index >= 15 is 0 Å². The van der Waals surface area contributed by atoms with Gasteiger partial charge in [0.05, 0.1) is 18.8 Å². The lowest BCUT2D eigenvalue weighted by Gasteiger charge is -2.26. The summed E-state index contributed by atoms with van der Waals surface area (Å²) in [4.78, 5) is 2.41. The number of ether oxygens (including phenoxy) is 1. The number of aryl methyl sites for hydroxylation is 1. The normalized spacial score (nSPS) is 16.2. The van der Waals surface area contributed by atoms with Gasteiger partial charge in [0.25, 0.3) is 0 Å². The van der Waals surface area contributed by atoms with Gasteiger partial charge >= 0.3 is 0 Å². The molecule has 0 radical (unpaired) electrons. The largest absolute Gasteiger partial charge is 0.461 e. The molecule has 3 rings (SSSR count). The predicted molar refractivity (Wildman–Crippen MR) is 79.7 cm³/mol. The number of morpholine rings is 1. The molecule has 1 saturated heterocycles. The molecule has 1 aliphatic heterocycles. The van der Waals surface area contributed by atoms with Crippen molar-refractivity contribution in [3.05, 3.63) is 48.0 Å². The van der Waals surface area contributed by atoms with Crippen LogP contribution in [0.2, 0.25) is 0 Å². The SMILES string of the molecule is Fc1ccccc1-c1ccc(CCCN2CCOCC2)o1. The zero-order valence-electron chi connectivity index (χ0n) is 12.1. The Hall–Kier alpha value is -1.65. The molecule has 2 heterocycles. The summed E-state index contributed by atoms with van der Waals surface area (Å²) in [5.41, 5.74) is 0.525. The van der Waals surface area contributed by atoms with Crippen molar-refractivity contribution in [3.8, 4) is 11.3 Å². The quantitative estimate of drug-likeness (QED) is 0.844. The van der Waals surface area contributed by atoms with E-state index in [1.54, 1.807) is 12.1 Å². The molecule has 21 heavy (non-hydrogen) atoms. The minimum Gasteiger partial charge on any atom is -0.461 e. The summed E-state index contributed by atoms with van der Waals surface area (Å²) in [6.07, 6.45) is 1.93. The molecule has 0 spiro atoms. The van der Waals surface area contributed by atoms with Gasteiger partial charge in [-0.3, -0.25) is 4.90 Å². The minimum absolute atomic E-state index is 0.244. The molecule has 1 aromatic carbocycles. The second-order valence-corrected chi connectivity index (χ2v) is 5.30. The first-order valence-electron chi connectivity index (χ1n) is 7.46. The lowest BCUT2D eigenvalue weighted by molar-refractivity contribution is 0.0373. The fourth-order valence-corrected chi connectivity index (χ4v) is 2.62. The van der Waals surface area contributed by atoms with Crippen molar-refractivity contribution in [2.75, 3.05) is 32.8 Å². The van der Waals surface area contributed by atoms with Crippen LogP contribution in [0.5, 0.6) is 0 Å². The smallest absolute Gasteiger partial charge is 0.137 e. The van der Waals surface area contributed by atoms with E-state index in [0.29, 0.717) is 11.3 Å². The molecule has 1 fully saturated rings. The van der Waals surface area contributed by atoms with Gasteiger partial charge in [0.15, 0.2) is 0 Å². The van der Waals surface area contributed by atoms with Gasteiger partial charge in [-0.25, -0.2) is 4.39 Å². The highest BCUT2D eigenvalue weighted by Crippen LogP contribution is 2.25. The molecular formula is C17H20FNO2. The molecule has 1 aliphatic rings. The molecule has 4 heteroatoms. The van der Waals surface area contributed by atoms with E-state index < -0.39 is 0 Å². The van der Waals surface area contributed by atoms with Crippen molar-refractivity contribution < 1.29 is 13.5 Å². The highest BCUT2D eigenvalue weighted by atomic mass is 19.1.